The number of carbonyl (C=O) groups is 2. The zero-order chi connectivity index (χ0) is 21.5. The molecule has 0 aliphatic carbocycles. The Kier molecular flexibility index (Phi) is 6.10. The summed E-state index contributed by atoms with van der Waals surface area (Å²) in [5, 5.41) is 8.10. The SMILES string of the molecule is CC(=O)Nc1cccc(NC(=O)Nc2cccc(C#Cc3c(N)ncnc3N)c2)c1. The van der Waals surface area contributed by atoms with E-state index in [2.05, 4.69) is 37.8 Å². The van der Waals surface area contributed by atoms with E-state index < -0.39 is 6.03 Å². The van der Waals surface area contributed by atoms with Crippen LogP contribution in [0.15, 0.2) is 54.9 Å². The van der Waals surface area contributed by atoms with Gasteiger partial charge in [-0.25, -0.2) is 14.8 Å². The van der Waals surface area contributed by atoms with Crippen molar-refractivity contribution < 1.29 is 9.59 Å². The van der Waals surface area contributed by atoms with Crippen molar-refractivity contribution in [3.8, 4) is 11.8 Å². The fourth-order valence-corrected chi connectivity index (χ4v) is 2.52. The van der Waals surface area contributed by atoms with Gasteiger partial charge in [0, 0.05) is 29.5 Å². The number of benzene rings is 2. The molecule has 3 aromatic rings. The Labute approximate surface area is 172 Å². The quantitative estimate of drug-likeness (QED) is 0.426. The average Bonchev–Trinajstić information content (AvgIpc) is 2.67. The lowest BCUT2D eigenvalue weighted by Crippen LogP contribution is -2.19. The molecule has 0 saturated heterocycles. The summed E-state index contributed by atoms with van der Waals surface area (Å²) in [7, 11) is 0. The first-order chi connectivity index (χ1) is 14.4. The fourth-order valence-electron chi connectivity index (χ4n) is 2.52. The summed E-state index contributed by atoms with van der Waals surface area (Å²) >= 11 is 0. The molecule has 1 aromatic heterocycles. The first kappa shape index (κ1) is 20.2. The Hall–Kier alpha value is -4.58. The third-order valence-electron chi connectivity index (χ3n) is 3.80. The number of amides is 3. The Bertz CT molecular complexity index is 1150. The van der Waals surface area contributed by atoms with Crippen LogP contribution in [-0.2, 0) is 4.79 Å². The second-order valence-corrected chi connectivity index (χ2v) is 6.19. The summed E-state index contributed by atoms with van der Waals surface area (Å²) in [6.45, 7) is 1.41. The molecule has 0 aliphatic rings. The van der Waals surface area contributed by atoms with Crippen LogP contribution in [0.3, 0.4) is 0 Å². The van der Waals surface area contributed by atoms with Gasteiger partial charge in [0.25, 0.3) is 0 Å². The number of carbonyl (C=O) groups excluding carboxylic acids is 2. The molecule has 0 fully saturated rings. The lowest BCUT2D eigenvalue weighted by molar-refractivity contribution is -0.114. The standard InChI is InChI=1S/C21H19N7O2/c1-13(29)26-16-6-3-7-17(11-16)28-21(30)27-15-5-2-4-14(10-15)8-9-18-19(22)24-12-25-20(18)23/h2-7,10-12H,1H3,(H,26,29)(H2,27,28,30)(H4,22,23,24,25). The molecule has 0 spiro atoms. The Morgan fingerprint density at radius 1 is 0.833 bits per heavy atom. The number of nitrogen functional groups attached to an aromatic ring is 2. The number of urea groups is 1. The highest BCUT2D eigenvalue weighted by atomic mass is 16.2. The molecule has 2 aromatic carbocycles. The van der Waals surface area contributed by atoms with Gasteiger partial charge in [-0.05, 0) is 36.4 Å². The second-order valence-electron chi connectivity index (χ2n) is 6.19. The summed E-state index contributed by atoms with van der Waals surface area (Å²) < 4.78 is 0. The number of nitrogens with one attached hydrogen (secondary N) is 3. The molecular weight excluding hydrogens is 382 g/mol. The lowest BCUT2D eigenvalue weighted by atomic mass is 10.2. The van der Waals surface area contributed by atoms with Gasteiger partial charge in [0.05, 0.1) is 0 Å². The van der Waals surface area contributed by atoms with Gasteiger partial charge in [0.15, 0.2) is 0 Å². The summed E-state index contributed by atoms with van der Waals surface area (Å²) in [5.74, 6) is 5.99. The number of aromatic nitrogens is 2. The van der Waals surface area contributed by atoms with Gasteiger partial charge >= 0.3 is 6.03 Å². The number of nitrogens with two attached hydrogens (primary N) is 2. The molecule has 0 saturated carbocycles. The Morgan fingerprint density at radius 3 is 2.03 bits per heavy atom. The first-order valence-corrected chi connectivity index (χ1v) is 8.84. The molecular formula is C21H19N7O2. The molecule has 0 atom stereocenters. The summed E-state index contributed by atoms with van der Waals surface area (Å²) in [6, 6.07) is 13.3. The predicted molar refractivity (Wildman–Crippen MR) is 117 cm³/mol. The molecule has 30 heavy (non-hydrogen) atoms. The normalized spacial score (nSPS) is 9.77. The highest BCUT2D eigenvalue weighted by Crippen LogP contribution is 2.17. The number of anilines is 5. The molecule has 7 N–H and O–H groups in total. The zero-order valence-corrected chi connectivity index (χ0v) is 16.1. The van der Waals surface area contributed by atoms with E-state index in [1.165, 1.54) is 13.3 Å². The van der Waals surface area contributed by atoms with Crippen LogP contribution in [0, 0.1) is 11.8 Å². The van der Waals surface area contributed by atoms with Gasteiger partial charge in [0.1, 0.15) is 23.5 Å². The van der Waals surface area contributed by atoms with E-state index >= 15 is 0 Å². The van der Waals surface area contributed by atoms with Crippen LogP contribution in [0.2, 0.25) is 0 Å². The molecule has 3 amide bonds. The third kappa shape index (κ3) is 5.46. The van der Waals surface area contributed by atoms with Crippen LogP contribution in [0.1, 0.15) is 18.1 Å². The van der Waals surface area contributed by atoms with Crippen molar-refractivity contribution in [3.05, 3.63) is 66.0 Å². The van der Waals surface area contributed by atoms with Gasteiger partial charge in [0.2, 0.25) is 5.91 Å². The minimum Gasteiger partial charge on any atom is -0.382 e. The van der Waals surface area contributed by atoms with Crippen LogP contribution in [0.5, 0.6) is 0 Å². The molecule has 9 nitrogen and oxygen atoms in total. The van der Waals surface area contributed by atoms with Crippen LogP contribution >= 0.6 is 0 Å². The van der Waals surface area contributed by atoms with Crippen molar-refractivity contribution in [1.82, 2.24) is 9.97 Å². The summed E-state index contributed by atoms with van der Waals surface area (Å²) in [6.07, 6.45) is 1.27. The molecule has 0 aliphatic heterocycles. The van der Waals surface area contributed by atoms with Gasteiger partial charge in [-0.15, -0.1) is 0 Å². The third-order valence-corrected chi connectivity index (χ3v) is 3.80. The highest BCUT2D eigenvalue weighted by molar-refractivity contribution is 6.00. The average molecular weight is 401 g/mol. The van der Waals surface area contributed by atoms with E-state index in [1.54, 1.807) is 48.5 Å². The fraction of sp³-hybridized carbons (Fsp3) is 0.0476. The maximum Gasteiger partial charge on any atom is 0.323 e. The minimum atomic E-state index is -0.440. The highest BCUT2D eigenvalue weighted by Gasteiger charge is 2.05. The van der Waals surface area contributed by atoms with Crippen LogP contribution in [0.4, 0.5) is 33.5 Å². The molecule has 3 rings (SSSR count). The first-order valence-electron chi connectivity index (χ1n) is 8.84. The second kappa shape index (κ2) is 9.07. The van der Waals surface area contributed by atoms with Crippen LogP contribution in [0.25, 0.3) is 0 Å². The Balaban J connectivity index is 1.69. The number of rotatable bonds is 3. The minimum absolute atomic E-state index is 0.194. The van der Waals surface area contributed by atoms with Crippen molar-refractivity contribution in [3.63, 3.8) is 0 Å². The van der Waals surface area contributed by atoms with Gasteiger partial charge in [-0.3, -0.25) is 4.79 Å². The lowest BCUT2D eigenvalue weighted by Gasteiger charge is -2.09. The van der Waals surface area contributed by atoms with Crippen molar-refractivity contribution >= 4 is 40.6 Å². The van der Waals surface area contributed by atoms with E-state index in [9.17, 15) is 9.59 Å². The van der Waals surface area contributed by atoms with Gasteiger partial charge in [-0.1, -0.05) is 24.0 Å². The van der Waals surface area contributed by atoms with Crippen molar-refractivity contribution in [1.29, 1.82) is 0 Å². The summed E-state index contributed by atoms with van der Waals surface area (Å²) in [4.78, 5) is 31.2. The van der Waals surface area contributed by atoms with E-state index in [0.29, 0.717) is 28.2 Å². The van der Waals surface area contributed by atoms with E-state index in [1.807, 2.05) is 0 Å². The molecule has 150 valence electrons. The molecule has 0 unspecified atom stereocenters. The van der Waals surface area contributed by atoms with Crippen molar-refractivity contribution in [2.75, 3.05) is 27.4 Å². The predicted octanol–water partition coefficient (Wildman–Crippen LogP) is 2.64. The van der Waals surface area contributed by atoms with E-state index in [4.69, 9.17) is 11.5 Å². The van der Waals surface area contributed by atoms with Crippen LogP contribution in [-0.4, -0.2) is 21.9 Å². The van der Waals surface area contributed by atoms with Crippen LogP contribution < -0.4 is 27.4 Å². The summed E-state index contributed by atoms with van der Waals surface area (Å²) in [5.41, 5.74) is 14.2. The van der Waals surface area contributed by atoms with E-state index in [-0.39, 0.29) is 17.5 Å². The van der Waals surface area contributed by atoms with Crippen molar-refractivity contribution in [2.45, 2.75) is 6.92 Å². The van der Waals surface area contributed by atoms with Gasteiger partial charge in [-0.2, -0.15) is 0 Å². The Morgan fingerprint density at radius 2 is 1.40 bits per heavy atom. The van der Waals surface area contributed by atoms with Crippen molar-refractivity contribution in [2.24, 2.45) is 0 Å². The van der Waals surface area contributed by atoms with E-state index in [0.717, 1.165) is 0 Å². The number of hydrogen-bond donors (Lipinski definition) is 5. The zero-order valence-electron chi connectivity index (χ0n) is 16.1. The molecule has 9 heteroatoms. The molecule has 0 bridgehead atoms. The largest absolute Gasteiger partial charge is 0.382 e. The monoisotopic (exact) mass is 401 g/mol. The molecule has 0 radical (unpaired) electrons. The smallest absolute Gasteiger partial charge is 0.323 e. The van der Waals surface area contributed by atoms with Gasteiger partial charge < -0.3 is 27.4 Å². The maximum absolute atomic E-state index is 12.3. The number of hydrogen-bond acceptors (Lipinski definition) is 6. The molecule has 1 heterocycles. The maximum atomic E-state index is 12.3. The topological polar surface area (TPSA) is 148 Å². The number of nitrogens with zero attached hydrogens (tertiary/aromatic N) is 2.